The summed E-state index contributed by atoms with van der Waals surface area (Å²) in [5.41, 5.74) is 10.1. The summed E-state index contributed by atoms with van der Waals surface area (Å²) in [5, 5.41) is 3.08. The van der Waals surface area contributed by atoms with Gasteiger partial charge < -0.3 is 11.1 Å². The number of amides is 1. The maximum Gasteiger partial charge on any atom is 0.253 e. The van der Waals surface area contributed by atoms with Crippen molar-refractivity contribution in [1.82, 2.24) is 10.3 Å². The van der Waals surface area contributed by atoms with E-state index in [9.17, 15) is 4.79 Å². The molecule has 0 saturated heterocycles. The Bertz CT molecular complexity index is 642. The van der Waals surface area contributed by atoms with Gasteiger partial charge in [0.05, 0.1) is 23.1 Å². The van der Waals surface area contributed by atoms with Crippen molar-refractivity contribution in [2.45, 2.75) is 25.8 Å². The molecule has 1 aliphatic rings. The van der Waals surface area contributed by atoms with Crippen molar-refractivity contribution in [3.05, 3.63) is 58.9 Å². The molecule has 0 radical (unpaired) electrons. The highest BCUT2D eigenvalue weighted by atomic mass is 16.1. The Balaban J connectivity index is 1.74. The first kappa shape index (κ1) is 12.7. The molecule has 1 amide bonds. The third-order valence-corrected chi connectivity index (χ3v) is 3.74. The first-order valence-corrected chi connectivity index (χ1v) is 6.73. The molecule has 1 aromatic heterocycles. The standard InChI is InChI=1S/C16H17N3O/c1-10-15(8-13(17)9-18-10)16(20)19-14-6-11-4-2-3-5-12(11)7-14/h2-5,8-9,14H,6-7,17H2,1H3,(H,19,20). The summed E-state index contributed by atoms with van der Waals surface area (Å²) < 4.78 is 0. The van der Waals surface area contributed by atoms with Crippen LogP contribution in [0.2, 0.25) is 0 Å². The molecule has 4 nitrogen and oxygen atoms in total. The lowest BCUT2D eigenvalue weighted by atomic mass is 10.1. The predicted molar refractivity (Wildman–Crippen MR) is 78.5 cm³/mol. The van der Waals surface area contributed by atoms with Gasteiger partial charge in [-0.2, -0.15) is 0 Å². The van der Waals surface area contributed by atoms with E-state index in [1.165, 1.54) is 11.1 Å². The number of benzene rings is 1. The summed E-state index contributed by atoms with van der Waals surface area (Å²) in [5.74, 6) is -0.0971. The molecule has 0 spiro atoms. The number of pyridine rings is 1. The number of anilines is 1. The average molecular weight is 267 g/mol. The van der Waals surface area contributed by atoms with Crippen molar-refractivity contribution in [1.29, 1.82) is 0 Å². The lowest BCUT2D eigenvalue weighted by Crippen LogP contribution is -2.35. The van der Waals surface area contributed by atoms with E-state index in [2.05, 4.69) is 22.4 Å². The number of fused-ring (bicyclic) bond motifs is 1. The molecule has 102 valence electrons. The van der Waals surface area contributed by atoms with Gasteiger partial charge in [-0.1, -0.05) is 24.3 Å². The summed E-state index contributed by atoms with van der Waals surface area (Å²) in [6.07, 6.45) is 3.34. The zero-order chi connectivity index (χ0) is 14.1. The summed E-state index contributed by atoms with van der Waals surface area (Å²) >= 11 is 0. The molecule has 0 unspecified atom stereocenters. The second-order valence-corrected chi connectivity index (χ2v) is 5.25. The third-order valence-electron chi connectivity index (χ3n) is 3.74. The van der Waals surface area contributed by atoms with Crippen LogP contribution in [0.3, 0.4) is 0 Å². The average Bonchev–Trinajstić information content (AvgIpc) is 2.83. The number of aryl methyl sites for hydroxylation is 1. The van der Waals surface area contributed by atoms with E-state index < -0.39 is 0 Å². The molecule has 0 atom stereocenters. The third kappa shape index (κ3) is 2.37. The lowest BCUT2D eigenvalue weighted by molar-refractivity contribution is 0.0937. The highest BCUT2D eigenvalue weighted by Gasteiger charge is 2.23. The highest BCUT2D eigenvalue weighted by molar-refractivity contribution is 5.96. The number of hydrogen-bond acceptors (Lipinski definition) is 3. The fourth-order valence-electron chi connectivity index (χ4n) is 2.70. The Morgan fingerprint density at radius 2 is 1.95 bits per heavy atom. The minimum atomic E-state index is -0.0971. The zero-order valence-corrected chi connectivity index (χ0v) is 11.4. The van der Waals surface area contributed by atoms with Gasteiger partial charge in [-0.15, -0.1) is 0 Å². The van der Waals surface area contributed by atoms with Crippen LogP contribution in [-0.2, 0) is 12.8 Å². The number of hydrogen-bond donors (Lipinski definition) is 2. The largest absolute Gasteiger partial charge is 0.397 e. The molecule has 20 heavy (non-hydrogen) atoms. The molecule has 2 aromatic rings. The first-order valence-electron chi connectivity index (χ1n) is 6.73. The van der Waals surface area contributed by atoms with Gasteiger partial charge in [0, 0.05) is 6.04 Å². The van der Waals surface area contributed by atoms with Gasteiger partial charge in [0.2, 0.25) is 0 Å². The Kier molecular flexibility index (Phi) is 3.14. The van der Waals surface area contributed by atoms with Crippen LogP contribution in [0.1, 0.15) is 27.2 Å². The van der Waals surface area contributed by atoms with Crippen LogP contribution in [-0.4, -0.2) is 16.9 Å². The van der Waals surface area contributed by atoms with Crippen molar-refractivity contribution < 1.29 is 4.79 Å². The van der Waals surface area contributed by atoms with Crippen LogP contribution in [0.5, 0.6) is 0 Å². The van der Waals surface area contributed by atoms with E-state index >= 15 is 0 Å². The predicted octanol–water partition coefficient (Wildman–Crippen LogP) is 1.87. The molecule has 0 saturated carbocycles. The minimum Gasteiger partial charge on any atom is -0.397 e. The van der Waals surface area contributed by atoms with Gasteiger partial charge >= 0.3 is 0 Å². The van der Waals surface area contributed by atoms with E-state index in [4.69, 9.17) is 5.73 Å². The van der Waals surface area contributed by atoms with Gasteiger partial charge in [-0.05, 0) is 37.0 Å². The summed E-state index contributed by atoms with van der Waals surface area (Å²) in [7, 11) is 0. The Morgan fingerprint density at radius 1 is 1.30 bits per heavy atom. The molecule has 3 N–H and O–H groups in total. The van der Waals surface area contributed by atoms with Crippen LogP contribution in [0.25, 0.3) is 0 Å². The van der Waals surface area contributed by atoms with Crippen molar-refractivity contribution in [3.8, 4) is 0 Å². The van der Waals surface area contributed by atoms with Crippen molar-refractivity contribution in [2.24, 2.45) is 0 Å². The molecule has 1 heterocycles. The van der Waals surface area contributed by atoms with Crippen molar-refractivity contribution >= 4 is 11.6 Å². The van der Waals surface area contributed by atoms with Gasteiger partial charge in [-0.3, -0.25) is 9.78 Å². The van der Waals surface area contributed by atoms with Crippen LogP contribution < -0.4 is 11.1 Å². The molecular formula is C16H17N3O. The van der Waals surface area contributed by atoms with Gasteiger partial charge in [0.1, 0.15) is 0 Å². The Hall–Kier alpha value is -2.36. The summed E-state index contributed by atoms with van der Waals surface area (Å²) in [6, 6.07) is 10.1. The molecule has 0 bridgehead atoms. The van der Waals surface area contributed by atoms with E-state index in [0.29, 0.717) is 16.9 Å². The van der Waals surface area contributed by atoms with E-state index in [0.717, 1.165) is 12.8 Å². The highest BCUT2D eigenvalue weighted by Crippen LogP contribution is 2.22. The number of carbonyl (C=O) groups excluding carboxylic acids is 1. The summed E-state index contributed by atoms with van der Waals surface area (Å²) in [6.45, 7) is 1.82. The van der Waals surface area contributed by atoms with E-state index in [1.54, 1.807) is 12.3 Å². The van der Waals surface area contributed by atoms with Crippen LogP contribution in [0, 0.1) is 6.92 Å². The second-order valence-electron chi connectivity index (χ2n) is 5.25. The van der Waals surface area contributed by atoms with Gasteiger partial charge in [0.15, 0.2) is 0 Å². The Labute approximate surface area is 118 Å². The first-order chi connectivity index (χ1) is 9.63. The number of rotatable bonds is 2. The topological polar surface area (TPSA) is 68.0 Å². The number of nitrogen functional groups attached to an aromatic ring is 1. The molecule has 1 aromatic carbocycles. The second kappa shape index (κ2) is 4.96. The van der Waals surface area contributed by atoms with Gasteiger partial charge in [-0.25, -0.2) is 0 Å². The monoisotopic (exact) mass is 267 g/mol. The Morgan fingerprint density at radius 3 is 2.60 bits per heavy atom. The molecule has 4 heteroatoms. The zero-order valence-electron chi connectivity index (χ0n) is 11.4. The lowest BCUT2D eigenvalue weighted by Gasteiger charge is -2.13. The van der Waals surface area contributed by atoms with E-state index in [-0.39, 0.29) is 11.9 Å². The van der Waals surface area contributed by atoms with Crippen molar-refractivity contribution in [2.75, 3.05) is 5.73 Å². The fourth-order valence-corrected chi connectivity index (χ4v) is 2.70. The number of aromatic nitrogens is 1. The molecule has 1 aliphatic carbocycles. The molecular weight excluding hydrogens is 250 g/mol. The maximum absolute atomic E-state index is 12.3. The number of nitrogens with one attached hydrogen (secondary N) is 1. The van der Waals surface area contributed by atoms with Crippen LogP contribution in [0.4, 0.5) is 5.69 Å². The molecule has 0 fully saturated rings. The van der Waals surface area contributed by atoms with Crippen LogP contribution in [0.15, 0.2) is 36.5 Å². The van der Waals surface area contributed by atoms with Gasteiger partial charge in [0.25, 0.3) is 5.91 Å². The molecule has 3 rings (SSSR count). The van der Waals surface area contributed by atoms with Crippen LogP contribution >= 0.6 is 0 Å². The van der Waals surface area contributed by atoms with E-state index in [1.807, 2.05) is 19.1 Å². The van der Waals surface area contributed by atoms with Crippen molar-refractivity contribution in [3.63, 3.8) is 0 Å². The number of carbonyl (C=O) groups is 1. The fraction of sp³-hybridized carbons (Fsp3) is 0.250. The number of nitrogens with zero attached hydrogens (tertiary/aromatic N) is 1. The minimum absolute atomic E-state index is 0.0971. The normalized spacial score (nSPS) is 14.1. The SMILES string of the molecule is Cc1ncc(N)cc1C(=O)NC1Cc2ccccc2C1. The number of nitrogens with two attached hydrogens (primary N) is 1. The summed E-state index contributed by atoms with van der Waals surface area (Å²) in [4.78, 5) is 16.4. The molecule has 0 aliphatic heterocycles. The smallest absolute Gasteiger partial charge is 0.253 e. The maximum atomic E-state index is 12.3. The quantitative estimate of drug-likeness (QED) is 0.872.